The summed E-state index contributed by atoms with van der Waals surface area (Å²) in [6.07, 6.45) is 0.716. The van der Waals surface area contributed by atoms with Gasteiger partial charge in [0.05, 0.1) is 24.1 Å². The molecule has 0 radical (unpaired) electrons. The van der Waals surface area contributed by atoms with Gasteiger partial charge in [0.25, 0.3) is 5.56 Å². The van der Waals surface area contributed by atoms with Crippen LogP contribution in [0.3, 0.4) is 0 Å². The van der Waals surface area contributed by atoms with Crippen LogP contribution in [0.4, 0.5) is 5.69 Å². The lowest BCUT2D eigenvalue weighted by atomic mass is 10.1. The zero-order chi connectivity index (χ0) is 22.8. The molecule has 1 aromatic heterocycles. The van der Waals surface area contributed by atoms with Gasteiger partial charge in [0, 0.05) is 25.1 Å². The Morgan fingerprint density at radius 2 is 1.84 bits per heavy atom. The van der Waals surface area contributed by atoms with Crippen LogP contribution in [0.25, 0.3) is 11.4 Å². The fourth-order valence-corrected chi connectivity index (χ4v) is 3.97. The number of methoxy groups -OCH3 is 1. The quantitative estimate of drug-likeness (QED) is 0.670. The van der Waals surface area contributed by atoms with Crippen LogP contribution in [0.2, 0.25) is 0 Å². The van der Waals surface area contributed by atoms with Crippen molar-refractivity contribution in [2.75, 3.05) is 26.0 Å². The van der Waals surface area contributed by atoms with Gasteiger partial charge in [-0.15, -0.1) is 0 Å². The summed E-state index contributed by atoms with van der Waals surface area (Å²) >= 11 is 0. The standard InChI is InChI=1S/C25H28N4O3/c1-16-5-8-18(9-6-16)24-27-20-11-12-28(3)14-19(20)25(31)29(24)15-23(30)26-21-13-17(2)7-10-22(21)32-4/h5-10,13H,11-12,14-15H2,1-4H3,(H,26,30). The van der Waals surface area contributed by atoms with Crippen molar-refractivity contribution in [1.82, 2.24) is 14.5 Å². The molecule has 0 fully saturated rings. The number of hydrogen-bond donors (Lipinski definition) is 1. The van der Waals surface area contributed by atoms with E-state index < -0.39 is 0 Å². The third-order valence-corrected chi connectivity index (χ3v) is 5.75. The monoisotopic (exact) mass is 432 g/mol. The normalized spacial score (nSPS) is 13.5. The molecule has 0 bridgehead atoms. The molecular formula is C25H28N4O3. The van der Waals surface area contributed by atoms with Crippen molar-refractivity contribution >= 4 is 11.6 Å². The highest BCUT2D eigenvalue weighted by molar-refractivity contribution is 5.92. The molecule has 166 valence electrons. The Morgan fingerprint density at radius 3 is 2.56 bits per heavy atom. The van der Waals surface area contributed by atoms with Crippen LogP contribution in [-0.4, -0.2) is 41.1 Å². The molecule has 0 saturated heterocycles. The lowest BCUT2D eigenvalue weighted by Crippen LogP contribution is -2.38. The fraction of sp³-hybridized carbons (Fsp3) is 0.320. The molecule has 0 unspecified atom stereocenters. The van der Waals surface area contributed by atoms with Crippen molar-refractivity contribution in [2.24, 2.45) is 0 Å². The minimum atomic E-state index is -0.310. The first kappa shape index (κ1) is 21.8. The highest BCUT2D eigenvalue weighted by Crippen LogP contribution is 2.26. The Balaban J connectivity index is 1.74. The maximum atomic E-state index is 13.5. The van der Waals surface area contributed by atoms with Gasteiger partial charge in [0.2, 0.25) is 5.91 Å². The molecule has 3 aromatic rings. The average Bonchev–Trinajstić information content (AvgIpc) is 2.77. The number of rotatable bonds is 5. The van der Waals surface area contributed by atoms with E-state index in [9.17, 15) is 9.59 Å². The van der Waals surface area contributed by atoms with E-state index in [-0.39, 0.29) is 18.0 Å². The van der Waals surface area contributed by atoms with Gasteiger partial charge in [-0.25, -0.2) is 4.98 Å². The Hall–Kier alpha value is -3.45. The molecule has 4 rings (SSSR count). The molecule has 0 atom stereocenters. The van der Waals surface area contributed by atoms with Gasteiger partial charge in [0.15, 0.2) is 0 Å². The van der Waals surface area contributed by atoms with Crippen LogP contribution in [0.5, 0.6) is 5.75 Å². The average molecular weight is 433 g/mol. The van der Waals surface area contributed by atoms with Crippen LogP contribution in [0.1, 0.15) is 22.4 Å². The number of likely N-dealkylation sites (N-methyl/N-ethyl adjacent to an activating group) is 1. The molecule has 0 spiro atoms. The number of aryl methyl sites for hydroxylation is 2. The number of hydrogen-bond acceptors (Lipinski definition) is 5. The molecule has 32 heavy (non-hydrogen) atoms. The van der Waals surface area contributed by atoms with E-state index in [0.29, 0.717) is 35.8 Å². The smallest absolute Gasteiger partial charge is 0.259 e. The van der Waals surface area contributed by atoms with Crippen molar-refractivity contribution in [1.29, 1.82) is 0 Å². The molecule has 0 saturated carbocycles. The lowest BCUT2D eigenvalue weighted by Gasteiger charge is -2.25. The molecule has 7 nitrogen and oxygen atoms in total. The van der Waals surface area contributed by atoms with Crippen molar-refractivity contribution < 1.29 is 9.53 Å². The second kappa shape index (κ2) is 8.96. The number of aromatic nitrogens is 2. The summed E-state index contributed by atoms with van der Waals surface area (Å²) in [5, 5.41) is 2.89. The minimum Gasteiger partial charge on any atom is -0.495 e. The highest BCUT2D eigenvalue weighted by atomic mass is 16.5. The van der Waals surface area contributed by atoms with E-state index in [4.69, 9.17) is 9.72 Å². The zero-order valence-corrected chi connectivity index (χ0v) is 18.9. The van der Waals surface area contributed by atoms with Gasteiger partial charge in [-0.3, -0.25) is 14.2 Å². The van der Waals surface area contributed by atoms with Crippen molar-refractivity contribution in [3.05, 3.63) is 75.2 Å². The van der Waals surface area contributed by atoms with E-state index in [0.717, 1.165) is 28.9 Å². The van der Waals surface area contributed by atoms with Gasteiger partial charge < -0.3 is 15.0 Å². The van der Waals surface area contributed by atoms with Gasteiger partial charge in [-0.2, -0.15) is 0 Å². The summed E-state index contributed by atoms with van der Waals surface area (Å²) in [7, 11) is 3.54. The van der Waals surface area contributed by atoms with E-state index in [1.165, 1.54) is 4.57 Å². The summed E-state index contributed by atoms with van der Waals surface area (Å²) in [5.41, 5.74) is 4.83. The van der Waals surface area contributed by atoms with Gasteiger partial charge >= 0.3 is 0 Å². The molecule has 1 aliphatic rings. The fourth-order valence-electron chi connectivity index (χ4n) is 3.97. The third kappa shape index (κ3) is 4.43. The van der Waals surface area contributed by atoms with Crippen LogP contribution in [0, 0.1) is 13.8 Å². The van der Waals surface area contributed by atoms with Crippen LogP contribution in [0.15, 0.2) is 47.3 Å². The molecule has 1 amide bonds. The van der Waals surface area contributed by atoms with Crippen LogP contribution < -0.4 is 15.6 Å². The SMILES string of the molecule is COc1ccc(C)cc1NC(=O)Cn1c(-c2ccc(C)cc2)nc2c(c1=O)CN(C)CC2. The molecule has 1 N–H and O–H groups in total. The Kier molecular flexibility index (Phi) is 6.10. The minimum absolute atomic E-state index is 0.136. The molecule has 7 heteroatoms. The number of nitrogens with zero attached hydrogens (tertiary/aromatic N) is 3. The van der Waals surface area contributed by atoms with Crippen LogP contribution >= 0.6 is 0 Å². The first-order chi connectivity index (χ1) is 15.4. The number of anilines is 1. The Bertz CT molecular complexity index is 1220. The molecule has 2 aromatic carbocycles. The zero-order valence-electron chi connectivity index (χ0n) is 18.9. The maximum Gasteiger partial charge on any atom is 0.259 e. The summed E-state index contributed by atoms with van der Waals surface area (Å²) in [4.78, 5) is 33.4. The summed E-state index contributed by atoms with van der Waals surface area (Å²) in [5.74, 6) is 0.778. The number of nitrogens with one attached hydrogen (secondary N) is 1. The molecule has 0 aliphatic carbocycles. The largest absolute Gasteiger partial charge is 0.495 e. The van der Waals surface area contributed by atoms with E-state index in [2.05, 4.69) is 10.2 Å². The number of fused-ring (bicyclic) bond motifs is 1. The second-order valence-electron chi connectivity index (χ2n) is 8.36. The van der Waals surface area contributed by atoms with E-state index in [1.54, 1.807) is 7.11 Å². The van der Waals surface area contributed by atoms with E-state index >= 15 is 0 Å². The number of carbonyl (C=O) groups is 1. The highest BCUT2D eigenvalue weighted by Gasteiger charge is 2.23. The molecule has 2 heterocycles. The van der Waals surface area contributed by atoms with Crippen LogP contribution in [-0.2, 0) is 24.3 Å². The van der Waals surface area contributed by atoms with Gasteiger partial charge in [0.1, 0.15) is 18.1 Å². The molecule has 1 aliphatic heterocycles. The first-order valence-electron chi connectivity index (χ1n) is 10.7. The van der Waals surface area contributed by atoms with E-state index in [1.807, 2.05) is 63.4 Å². The lowest BCUT2D eigenvalue weighted by molar-refractivity contribution is -0.116. The Labute approximate surface area is 187 Å². The van der Waals surface area contributed by atoms with Gasteiger partial charge in [-0.1, -0.05) is 35.9 Å². The predicted octanol–water partition coefficient (Wildman–Crippen LogP) is 3.16. The number of carbonyl (C=O) groups excluding carboxylic acids is 1. The first-order valence-corrected chi connectivity index (χ1v) is 10.7. The number of ether oxygens (including phenoxy) is 1. The maximum absolute atomic E-state index is 13.5. The Morgan fingerprint density at radius 1 is 1.12 bits per heavy atom. The second-order valence-corrected chi connectivity index (χ2v) is 8.36. The van der Waals surface area contributed by atoms with Crippen molar-refractivity contribution in [3.63, 3.8) is 0 Å². The number of amides is 1. The third-order valence-electron chi connectivity index (χ3n) is 5.75. The van der Waals surface area contributed by atoms with Gasteiger partial charge in [-0.05, 0) is 38.6 Å². The topological polar surface area (TPSA) is 76.5 Å². The molecular weight excluding hydrogens is 404 g/mol. The summed E-state index contributed by atoms with van der Waals surface area (Å²) in [6.45, 7) is 5.20. The summed E-state index contributed by atoms with van der Waals surface area (Å²) < 4.78 is 6.85. The van der Waals surface area contributed by atoms with Crippen molar-refractivity contribution in [2.45, 2.75) is 33.4 Å². The van der Waals surface area contributed by atoms with Crippen molar-refractivity contribution in [3.8, 4) is 17.1 Å². The number of benzene rings is 2. The summed E-state index contributed by atoms with van der Waals surface area (Å²) in [6, 6.07) is 13.4. The predicted molar refractivity (Wildman–Crippen MR) is 125 cm³/mol.